The SMILES string of the molecule is CCc1ncc(S(=O)(=O)NC2c3ccccc3CC2N)[nH]1. The molecule has 2 atom stereocenters. The van der Waals surface area contributed by atoms with Gasteiger partial charge in [0.15, 0.2) is 5.03 Å². The molecule has 1 aliphatic carbocycles. The van der Waals surface area contributed by atoms with Gasteiger partial charge in [0.25, 0.3) is 10.0 Å². The van der Waals surface area contributed by atoms with Gasteiger partial charge in [0.2, 0.25) is 0 Å². The first-order valence-electron chi connectivity index (χ1n) is 6.91. The zero-order valence-electron chi connectivity index (χ0n) is 11.7. The molecule has 0 saturated carbocycles. The van der Waals surface area contributed by atoms with E-state index in [0.717, 1.165) is 11.1 Å². The number of hydrogen-bond acceptors (Lipinski definition) is 4. The number of H-pyrrole nitrogens is 1. The number of aryl methyl sites for hydroxylation is 1. The van der Waals surface area contributed by atoms with E-state index in [1.165, 1.54) is 6.20 Å². The second-order valence-electron chi connectivity index (χ2n) is 5.21. The summed E-state index contributed by atoms with van der Waals surface area (Å²) in [5.41, 5.74) is 8.14. The van der Waals surface area contributed by atoms with Crippen molar-refractivity contribution in [1.82, 2.24) is 14.7 Å². The van der Waals surface area contributed by atoms with Crippen molar-refractivity contribution in [1.29, 1.82) is 0 Å². The predicted molar refractivity (Wildman–Crippen MR) is 79.1 cm³/mol. The molecule has 1 aliphatic rings. The predicted octanol–water partition coefficient (Wildman–Crippen LogP) is 0.875. The molecule has 7 heteroatoms. The molecular formula is C14H18N4O2S. The molecule has 6 nitrogen and oxygen atoms in total. The number of rotatable bonds is 4. The largest absolute Gasteiger partial charge is 0.332 e. The number of benzene rings is 1. The molecule has 0 spiro atoms. The third-order valence-electron chi connectivity index (χ3n) is 3.79. The highest BCUT2D eigenvalue weighted by molar-refractivity contribution is 7.89. The number of imidazole rings is 1. The van der Waals surface area contributed by atoms with Gasteiger partial charge in [0.05, 0.1) is 12.2 Å². The molecule has 0 saturated heterocycles. The highest BCUT2D eigenvalue weighted by Crippen LogP contribution is 2.31. The molecule has 2 aromatic rings. The highest BCUT2D eigenvalue weighted by Gasteiger charge is 2.33. The molecule has 3 rings (SSSR count). The van der Waals surface area contributed by atoms with Gasteiger partial charge in [-0.1, -0.05) is 31.2 Å². The molecule has 1 aromatic carbocycles. The lowest BCUT2D eigenvalue weighted by Gasteiger charge is -2.18. The van der Waals surface area contributed by atoms with Crippen LogP contribution in [0.5, 0.6) is 0 Å². The minimum absolute atomic E-state index is 0.0796. The van der Waals surface area contributed by atoms with Crippen LogP contribution in [0.25, 0.3) is 0 Å². The Morgan fingerprint density at radius 1 is 1.43 bits per heavy atom. The quantitative estimate of drug-likeness (QED) is 0.780. The molecule has 0 bridgehead atoms. The van der Waals surface area contributed by atoms with Crippen molar-refractivity contribution in [2.24, 2.45) is 5.73 Å². The van der Waals surface area contributed by atoms with E-state index in [2.05, 4.69) is 14.7 Å². The van der Waals surface area contributed by atoms with Crippen molar-refractivity contribution in [3.8, 4) is 0 Å². The van der Waals surface area contributed by atoms with Crippen molar-refractivity contribution in [2.45, 2.75) is 36.9 Å². The molecule has 0 aliphatic heterocycles. The monoisotopic (exact) mass is 306 g/mol. The summed E-state index contributed by atoms with van der Waals surface area (Å²) < 4.78 is 27.6. The normalized spacial score (nSPS) is 21.4. The molecule has 112 valence electrons. The van der Waals surface area contributed by atoms with Crippen LogP contribution in [-0.4, -0.2) is 24.4 Å². The Kier molecular flexibility index (Phi) is 3.56. The van der Waals surface area contributed by atoms with Crippen molar-refractivity contribution in [2.75, 3.05) is 0 Å². The number of sulfonamides is 1. The number of nitrogens with one attached hydrogen (secondary N) is 2. The van der Waals surface area contributed by atoms with Crippen LogP contribution in [0.3, 0.4) is 0 Å². The van der Waals surface area contributed by atoms with Crippen LogP contribution in [0.2, 0.25) is 0 Å². The molecular weight excluding hydrogens is 288 g/mol. The summed E-state index contributed by atoms with van der Waals surface area (Å²) in [7, 11) is -3.66. The summed E-state index contributed by atoms with van der Waals surface area (Å²) in [6.07, 6.45) is 2.67. The fraction of sp³-hybridized carbons (Fsp3) is 0.357. The van der Waals surface area contributed by atoms with Crippen LogP contribution in [-0.2, 0) is 22.9 Å². The van der Waals surface area contributed by atoms with E-state index in [-0.39, 0.29) is 11.1 Å². The Bertz CT molecular complexity index is 754. The van der Waals surface area contributed by atoms with Gasteiger partial charge in [-0.25, -0.2) is 18.1 Å². The Hall–Kier alpha value is -1.70. The number of nitrogens with zero attached hydrogens (tertiary/aromatic N) is 1. The van der Waals surface area contributed by atoms with Gasteiger partial charge >= 0.3 is 0 Å². The fourth-order valence-corrected chi connectivity index (χ4v) is 3.87. The van der Waals surface area contributed by atoms with Crippen molar-refractivity contribution in [3.63, 3.8) is 0 Å². The van der Waals surface area contributed by atoms with Crippen LogP contribution in [0, 0.1) is 0 Å². The number of fused-ring (bicyclic) bond motifs is 1. The van der Waals surface area contributed by atoms with Crippen LogP contribution in [0.15, 0.2) is 35.5 Å². The van der Waals surface area contributed by atoms with Crippen molar-refractivity contribution in [3.05, 3.63) is 47.4 Å². The van der Waals surface area contributed by atoms with E-state index in [9.17, 15) is 8.42 Å². The zero-order chi connectivity index (χ0) is 15.0. The van der Waals surface area contributed by atoms with Crippen LogP contribution >= 0.6 is 0 Å². The van der Waals surface area contributed by atoms with E-state index < -0.39 is 16.1 Å². The van der Waals surface area contributed by atoms with Gasteiger partial charge in [-0.15, -0.1) is 0 Å². The van der Waals surface area contributed by atoms with E-state index in [1.54, 1.807) is 0 Å². The topological polar surface area (TPSA) is 101 Å². The average Bonchev–Trinajstić information content (AvgIpc) is 3.05. The van der Waals surface area contributed by atoms with E-state index in [4.69, 9.17) is 5.73 Å². The van der Waals surface area contributed by atoms with Crippen molar-refractivity contribution >= 4 is 10.0 Å². The molecule has 0 amide bonds. The zero-order valence-corrected chi connectivity index (χ0v) is 12.5. The van der Waals surface area contributed by atoms with Gasteiger partial charge in [0, 0.05) is 12.5 Å². The average molecular weight is 306 g/mol. The number of hydrogen-bond donors (Lipinski definition) is 3. The Balaban J connectivity index is 1.89. The molecule has 21 heavy (non-hydrogen) atoms. The lowest BCUT2D eigenvalue weighted by molar-refractivity contribution is 0.516. The minimum Gasteiger partial charge on any atom is -0.332 e. The van der Waals surface area contributed by atoms with Crippen LogP contribution < -0.4 is 10.5 Å². The standard InChI is InChI=1S/C14H18N4O2S/c1-2-12-16-8-13(17-12)21(19,20)18-14-10-6-4-3-5-9(10)7-11(14)15/h3-6,8,11,14,18H,2,7,15H2,1H3,(H,16,17). The molecule has 2 unspecified atom stereocenters. The van der Waals surface area contributed by atoms with Gasteiger partial charge in [-0.05, 0) is 17.5 Å². The Morgan fingerprint density at radius 2 is 2.19 bits per heavy atom. The van der Waals surface area contributed by atoms with Gasteiger partial charge in [-0.2, -0.15) is 0 Å². The van der Waals surface area contributed by atoms with Gasteiger partial charge in [0.1, 0.15) is 5.82 Å². The van der Waals surface area contributed by atoms with Gasteiger partial charge < -0.3 is 10.7 Å². The summed E-state index contributed by atoms with van der Waals surface area (Å²) in [4.78, 5) is 6.85. The first kappa shape index (κ1) is 14.2. The second kappa shape index (κ2) is 5.25. The van der Waals surface area contributed by atoms with Crippen molar-refractivity contribution < 1.29 is 8.42 Å². The summed E-state index contributed by atoms with van der Waals surface area (Å²) in [6, 6.07) is 7.06. The first-order chi connectivity index (χ1) is 10.0. The highest BCUT2D eigenvalue weighted by atomic mass is 32.2. The fourth-order valence-electron chi connectivity index (χ4n) is 2.67. The number of aromatic amines is 1. The maximum atomic E-state index is 12.4. The Labute approximate surface area is 123 Å². The van der Waals surface area contributed by atoms with Gasteiger partial charge in [-0.3, -0.25) is 0 Å². The maximum absolute atomic E-state index is 12.4. The third kappa shape index (κ3) is 2.59. The molecule has 1 heterocycles. The summed E-state index contributed by atoms with van der Waals surface area (Å²) in [5.74, 6) is 0.645. The van der Waals surface area contributed by atoms with Crippen LogP contribution in [0.1, 0.15) is 29.9 Å². The van der Waals surface area contributed by atoms with E-state index >= 15 is 0 Å². The Morgan fingerprint density at radius 3 is 2.90 bits per heavy atom. The molecule has 4 N–H and O–H groups in total. The third-order valence-corrected chi connectivity index (χ3v) is 5.14. The lowest BCUT2D eigenvalue weighted by atomic mass is 10.1. The maximum Gasteiger partial charge on any atom is 0.258 e. The minimum atomic E-state index is -3.66. The summed E-state index contributed by atoms with van der Waals surface area (Å²) in [6.45, 7) is 1.91. The molecule has 0 fully saturated rings. The lowest BCUT2D eigenvalue weighted by Crippen LogP contribution is -2.38. The van der Waals surface area contributed by atoms with E-state index in [0.29, 0.717) is 18.7 Å². The smallest absolute Gasteiger partial charge is 0.258 e. The molecule has 1 aromatic heterocycles. The number of aromatic nitrogens is 2. The second-order valence-corrected chi connectivity index (χ2v) is 6.90. The summed E-state index contributed by atoms with van der Waals surface area (Å²) in [5, 5.41) is 0.0796. The summed E-state index contributed by atoms with van der Waals surface area (Å²) >= 11 is 0. The first-order valence-corrected chi connectivity index (χ1v) is 8.39. The van der Waals surface area contributed by atoms with Crippen LogP contribution in [0.4, 0.5) is 0 Å². The van der Waals surface area contributed by atoms with E-state index in [1.807, 2.05) is 31.2 Å². The number of nitrogens with two attached hydrogens (primary N) is 1. The molecule has 0 radical (unpaired) electrons.